The number of aromatic amines is 1. The number of thioether (sulfide) groups is 1. The third kappa shape index (κ3) is 4.50. The number of aryl methyl sites for hydroxylation is 1. The number of carbonyl (C=O) groups is 3. The summed E-state index contributed by atoms with van der Waals surface area (Å²) in [6, 6.07) is 13.2. The van der Waals surface area contributed by atoms with Crippen LogP contribution in [-0.2, 0) is 19.1 Å². The molecule has 0 spiro atoms. The van der Waals surface area contributed by atoms with E-state index in [0.717, 1.165) is 27.5 Å². The van der Waals surface area contributed by atoms with Gasteiger partial charge in [0.05, 0.1) is 35.8 Å². The number of anilines is 1. The van der Waals surface area contributed by atoms with Crippen molar-refractivity contribution < 1.29 is 28.6 Å². The SMILES string of the molecule is CCOC(=O)COc1ccc([C@H]2c3sc(=O)[nH]c3SC3C4CC(C5C(=O)N(c6ccc(C)cc6)C(=O)C45)C32)cc1OCC. The molecule has 2 aliphatic carbocycles. The summed E-state index contributed by atoms with van der Waals surface area (Å²) in [5.74, 6) is -0.524. The predicted octanol–water partition coefficient (Wildman–Crippen LogP) is 4.76. The number of aromatic nitrogens is 1. The Morgan fingerprint density at radius 1 is 0.953 bits per heavy atom. The Labute approximate surface area is 256 Å². The molecule has 0 radical (unpaired) electrons. The van der Waals surface area contributed by atoms with Crippen LogP contribution in [0.5, 0.6) is 11.5 Å². The second kappa shape index (κ2) is 10.9. The average Bonchev–Trinajstić information content (AvgIpc) is 3.72. The molecule has 9 nitrogen and oxygen atoms in total. The van der Waals surface area contributed by atoms with Crippen molar-refractivity contribution in [2.24, 2.45) is 29.6 Å². The van der Waals surface area contributed by atoms with Gasteiger partial charge in [-0.25, -0.2) is 4.79 Å². The van der Waals surface area contributed by atoms with E-state index in [9.17, 15) is 19.2 Å². The van der Waals surface area contributed by atoms with Crippen molar-refractivity contribution in [3.63, 3.8) is 0 Å². The predicted molar refractivity (Wildman–Crippen MR) is 162 cm³/mol. The Kier molecular flexibility index (Phi) is 7.12. The van der Waals surface area contributed by atoms with Crippen LogP contribution >= 0.6 is 23.1 Å². The molecular weight excluding hydrogens is 588 g/mol. The minimum absolute atomic E-state index is 0.00466. The molecule has 2 saturated carbocycles. The lowest BCUT2D eigenvalue weighted by atomic mass is 9.68. The van der Waals surface area contributed by atoms with Crippen LogP contribution in [0.25, 0.3) is 0 Å². The van der Waals surface area contributed by atoms with E-state index in [-0.39, 0.29) is 70.7 Å². The molecule has 7 atom stereocenters. The highest BCUT2D eigenvalue weighted by atomic mass is 32.2. The van der Waals surface area contributed by atoms with Crippen LogP contribution in [0.15, 0.2) is 52.3 Å². The highest BCUT2D eigenvalue weighted by Gasteiger charge is 2.69. The van der Waals surface area contributed by atoms with Crippen molar-refractivity contribution in [1.82, 2.24) is 4.98 Å². The van der Waals surface area contributed by atoms with Crippen LogP contribution < -0.4 is 19.2 Å². The van der Waals surface area contributed by atoms with E-state index in [1.165, 1.54) is 16.2 Å². The summed E-state index contributed by atoms with van der Waals surface area (Å²) in [5.41, 5.74) is 2.65. The number of imide groups is 1. The van der Waals surface area contributed by atoms with Crippen molar-refractivity contribution >= 4 is 46.6 Å². The monoisotopic (exact) mass is 620 g/mol. The Bertz CT molecular complexity index is 1660. The number of carbonyl (C=O) groups excluding carboxylic acids is 3. The summed E-state index contributed by atoms with van der Waals surface area (Å²) in [6.07, 6.45) is 0.811. The third-order valence-corrected chi connectivity index (χ3v) is 11.9. The van der Waals surface area contributed by atoms with Gasteiger partial charge in [-0.2, -0.15) is 0 Å². The fourth-order valence-corrected chi connectivity index (χ4v) is 10.7. The van der Waals surface area contributed by atoms with Crippen molar-refractivity contribution in [2.75, 3.05) is 24.7 Å². The van der Waals surface area contributed by atoms with Gasteiger partial charge < -0.3 is 19.2 Å². The fraction of sp³-hybridized carbons (Fsp3) is 0.438. The van der Waals surface area contributed by atoms with Crippen molar-refractivity contribution in [2.45, 2.75) is 43.4 Å². The number of hydrogen-bond donors (Lipinski definition) is 1. The Morgan fingerprint density at radius 3 is 2.42 bits per heavy atom. The van der Waals surface area contributed by atoms with E-state index in [4.69, 9.17) is 14.2 Å². The molecule has 2 aliphatic heterocycles. The van der Waals surface area contributed by atoms with Crippen molar-refractivity contribution in [3.05, 3.63) is 68.1 Å². The molecule has 2 bridgehead atoms. The molecule has 4 aliphatic rings. The van der Waals surface area contributed by atoms with Gasteiger partial charge in [0.25, 0.3) is 0 Å². The van der Waals surface area contributed by atoms with Crippen LogP contribution in [0.3, 0.4) is 0 Å². The number of ether oxygens (including phenoxy) is 3. The normalized spacial score (nSPS) is 28.4. The number of nitrogens with one attached hydrogen (secondary N) is 1. The second-order valence-corrected chi connectivity index (χ2v) is 13.7. The van der Waals surface area contributed by atoms with E-state index < -0.39 is 5.97 Å². The minimum Gasteiger partial charge on any atom is -0.490 e. The van der Waals surface area contributed by atoms with Gasteiger partial charge in [0.15, 0.2) is 18.1 Å². The lowest BCUT2D eigenvalue weighted by Crippen LogP contribution is -2.42. The molecule has 43 heavy (non-hydrogen) atoms. The molecule has 2 aromatic carbocycles. The average molecular weight is 621 g/mol. The van der Waals surface area contributed by atoms with Gasteiger partial charge in [-0.05, 0) is 74.8 Å². The second-order valence-electron chi connectivity index (χ2n) is 11.5. The molecule has 11 heteroatoms. The topological polar surface area (TPSA) is 115 Å². The maximum Gasteiger partial charge on any atom is 0.344 e. The Balaban J connectivity index is 1.26. The quantitative estimate of drug-likeness (QED) is 0.283. The molecule has 3 fully saturated rings. The van der Waals surface area contributed by atoms with E-state index in [1.807, 2.05) is 50.2 Å². The zero-order valence-corrected chi connectivity index (χ0v) is 25.7. The lowest BCUT2D eigenvalue weighted by molar-refractivity contribution is -0.145. The van der Waals surface area contributed by atoms with Gasteiger partial charge in [0, 0.05) is 16.0 Å². The van der Waals surface area contributed by atoms with Gasteiger partial charge >= 0.3 is 10.8 Å². The number of thiazole rings is 1. The zero-order valence-electron chi connectivity index (χ0n) is 24.0. The van der Waals surface area contributed by atoms with Crippen LogP contribution in [0.2, 0.25) is 0 Å². The molecule has 7 rings (SSSR count). The standard InChI is InChI=1S/C32H32N2O7S2/c1-4-39-21-12-16(8-11-20(21)41-14-22(35)40-5-2)23-24-18-13-19(27(24)42-29-28(23)43-32(38)33-29)26-25(18)30(36)34(31(26)37)17-9-6-15(3)7-10-17/h6-12,18-19,23-27H,4-5,13-14H2,1-3H3,(H,33,38)/t18?,19?,23-,24?,25?,26?,27?/m1/s1. The van der Waals surface area contributed by atoms with Gasteiger partial charge in [-0.15, -0.1) is 11.8 Å². The number of esters is 1. The molecule has 1 N–H and O–H groups in total. The largest absolute Gasteiger partial charge is 0.490 e. The number of fused-ring (bicyclic) bond motifs is 9. The smallest absolute Gasteiger partial charge is 0.344 e. The molecule has 2 amide bonds. The fourth-order valence-electron chi connectivity index (χ4n) is 7.78. The Morgan fingerprint density at radius 2 is 1.70 bits per heavy atom. The number of benzene rings is 2. The first-order chi connectivity index (χ1) is 20.8. The maximum absolute atomic E-state index is 14.0. The third-order valence-electron chi connectivity index (χ3n) is 9.29. The first-order valence-corrected chi connectivity index (χ1v) is 16.4. The summed E-state index contributed by atoms with van der Waals surface area (Å²) >= 11 is 2.87. The molecule has 1 saturated heterocycles. The summed E-state index contributed by atoms with van der Waals surface area (Å²) < 4.78 is 16.7. The molecule has 6 unspecified atom stereocenters. The number of amides is 2. The number of hydrogen-bond acceptors (Lipinski definition) is 9. The molecular formula is C32H32N2O7S2. The van der Waals surface area contributed by atoms with E-state index in [1.54, 1.807) is 24.8 Å². The minimum atomic E-state index is -0.463. The Hall–Kier alpha value is -3.57. The van der Waals surface area contributed by atoms with Crippen LogP contribution in [0, 0.1) is 36.5 Å². The molecule has 1 aromatic heterocycles. The first kappa shape index (κ1) is 28.2. The van der Waals surface area contributed by atoms with Crippen LogP contribution in [0.4, 0.5) is 5.69 Å². The van der Waals surface area contributed by atoms with Crippen LogP contribution in [-0.4, -0.2) is 47.8 Å². The van der Waals surface area contributed by atoms with E-state index in [0.29, 0.717) is 23.8 Å². The number of rotatable bonds is 8. The summed E-state index contributed by atoms with van der Waals surface area (Å²) in [5, 5.41) is 0.928. The van der Waals surface area contributed by atoms with E-state index in [2.05, 4.69) is 4.98 Å². The molecule has 3 heterocycles. The number of nitrogens with zero attached hydrogens (tertiary/aromatic N) is 1. The summed E-state index contributed by atoms with van der Waals surface area (Å²) in [7, 11) is 0. The van der Waals surface area contributed by atoms with Gasteiger partial charge in [0.1, 0.15) is 0 Å². The van der Waals surface area contributed by atoms with Gasteiger partial charge in [0.2, 0.25) is 11.8 Å². The highest BCUT2D eigenvalue weighted by Crippen LogP contribution is 2.68. The van der Waals surface area contributed by atoms with Gasteiger partial charge in [-0.3, -0.25) is 19.3 Å². The highest BCUT2D eigenvalue weighted by molar-refractivity contribution is 8.00. The first-order valence-electron chi connectivity index (χ1n) is 14.7. The summed E-state index contributed by atoms with van der Waals surface area (Å²) in [4.78, 5) is 57.6. The van der Waals surface area contributed by atoms with E-state index >= 15 is 0 Å². The number of H-pyrrole nitrogens is 1. The van der Waals surface area contributed by atoms with Crippen molar-refractivity contribution in [1.29, 1.82) is 0 Å². The lowest BCUT2D eigenvalue weighted by Gasteiger charge is -2.43. The zero-order chi connectivity index (χ0) is 30.0. The van der Waals surface area contributed by atoms with Crippen molar-refractivity contribution in [3.8, 4) is 11.5 Å². The molecule has 224 valence electrons. The summed E-state index contributed by atoms with van der Waals surface area (Å²) in [6.45, 7) is 6.03. The van der Waals surface area contributed by atoms with Gasteiger partial charge in [-0.1, -0.05) is 35.1 Å². The molecule has 3 aromatic rings. The van der Waals surface area contributed by atoms with Crippen LogP contribution in [0.1, 0.15) is 42.2 Å². The maximum atomic E-state index is 14.0.